The topological polar surface area (TPSA) is 78.0 Å². The molecule has 2 amide bonds. The number of alkyl halides is 3. The van der Waals surface area contributed by atoms with Crippen LogP contribution in [-0.4, -0.2) is 73.1 Å². The van der Waals surface area contributed by atoms with E-state index >= 15 is 0 Å². The van der Waals surface area contributed by atoms with Crippen LogP contribution < -0.4 is 0 Å². The standard InChI is InChI=1S/C21H28F3N3O4S/c1-20(2,3)19(29)27-10-4-5-17(27)18(28)25-11-13-26(14-12-25)32(30,31)16-8-6-15(7-9-16)21(22,23)24/h6-9,17H,4-5,10-14H2,1-3H3. The molecule has 3 rings (SSSR count). The summed E-state index contributed by atoms with van der Waals surface area (Å²) in [5, 5.41) is 0. The fraction of sp³-hybridized carbons (Fsp3) is 0.619. The number of carbonyl (C=O) groups excluding carboxylic acids is 2. The number of carbonyl (C=O) groups is 2. The molecular formula is C21H28F3N3O4S. The van der Waals surface area contributed by atoms with Crippen LogP contribution >= 0.6 is 0 Å². The van der Waals surface area contributed by atoms with Crippen LogP contribution in [0.1, 0.15) is 39.2 Å². The molecule has 0 aromatic heterocycles. The number of likely N-dealkylation sites (tertiary alicyclic amines) is 1. The SMILES string of the molecule is CC(C)(C)C(=O)N1CCCC1C(=O)N1CCN(S(=O)(=O)c2ccc(C(F)(F)F)cc2)CC1. The molecule has 7 nitrogen and oxygen atoms in total. The lowest BCUT2D eigenvalue weighted by atomic mass is 9.94. The maximum atomic E-state index is 13.1. The lowest BCUT2D eigenvalue weighted by Gasteiger charge is -2.37. The second-order valence-electron chi connectivity index (χ2n) is 9.16. The molecule has 2 aliphatic rings. The highest BCUT2D eigenvalue weighted by molar-refractivity contribution is 7.89. The third-order valence-corrected chi connectivity index (χ3v) is 7.72. The van der Waals surface area contributed by atoms with Crippen LogP contribution in [0.3, 0.4) is 0 Å². The molecule has 1 atom stereocenters. The Bertz CT molecular complexity index is 963. The Hall–Kier alpha value is -2.14. The number of hydrogen-bond donors (Lipinski definition) is 0. The van der Waals surface area contributed by atoms with Gasteiger partial charge in [0.1, 0.15) is 6.04 Å². The van der Waals surface area contributed by atoms with Crippen molar-refractivity contribution in [3.05, 3.63) is 29.8 Å². The van der Waals surface area contributed by atoms with Gasteiger partial charge in [-0.05, 0) is 37.1 Å². The van der Waals surface area contributed by atoms with Crippen molar-refractivity contribution in [1.29, 1.82) is 0 Å². The second-order valence-corrected chi connectivity index (χ2v) is 11.1. The van der Waals surface area contributed by atoms with Crippen molar-refractivity contribution < 1.29 is 31.2 Å². The molecule has 2 fully saturated rings. The molecule has 2 aliphatic heterocycles. The molecular weight excluding hydrogens is 447 g/mol. The Morgan fingerprint density at radius 1 is 0.938 bits per heavy atom. The lowest BCUT2D eigenvalue weighted by molar-refractivity contribution is -0.148. The summed E-state index contributed by atoms with van der Waals surface area (Å²) in [6, 6.07) is 2.84. The van der Waals surface area contributed by atoms with Gasteiger partial charge in [0.15, 0.2) is 0 Å². The predicted molar refractivity (Wildman–Crippen MR) is 111 cm³/mol. The van der Waals surface area contributed by atoms with E-state index in [2.05, 4.69) is 0 Å². The first kappa shape index (κ1) is 24.5. The Morgan fingerprint density at radius 3 is 2.00 bits per heavy atom. The Kier molecular flexibility index (Phi) is 6.63. The summed E-state index contributed by atoms with van der Waals surface area (Å²) in [6.45, 7) is 6.33. The maximum Gasteiger partial charge on any atom is 0.416 e. The first-order valence-corrected chi connectivity index (χ1v) is 11.9. The van der Waals surface area contributed by atoms with E-state index in [0.717, 1.165) is 30.7 Å². The number of halogens is 3. The summed E-state index contributed by atoms with van der Waals surface area (Å²) in [7, 11) is -3.97. The van der Waals surface area contributed by atoms with Gasteiger partial charge in [0.2, 0.25) is 21.8 Å². The number of rotatable bonds is 3. The van der Waals surface area contributed by atoms with Crippen molar-refractivity contribution in [2.45, 2.75) is 50.7 Å². The summed E-state index contributed by atoms with van der Waals surface area (Å²) in [5.74, 6) is -0.274. The summed E-state index contributed by atoms with van der Waals surface area (Å²) in [6.07, 6.45) is -3.23. The monoisotopic (exact) mass is 475 g/mol. The quantitative estimate of drug-likeness (QED) is 0.673. The molecule has 0 saturated carbocycles. The van der Waals surface area contributed by atoms with Crippen molar-refractivity contribution in [1.82, 2.24) is 14.1 Å². The third-order valence-electron chi connectivity index (χ3n) is 5.81. The van der Waals surface area contributed by atoms with Gasteiger partial charge in [-0.3, -0.25) is 9.59 Å². The molecule has 0 N–H and O–H groups in total. The van der Waals surface area contributed by atoms with Gasteiger partial charge in [-0.1, -0.05) is 20.8 Å². The summed E-state index contributed by atoms with van der Waals surface area (Å²) >= 11 is 0. The van der Waals surface area contributed by atoms with Gasteiger partial charge in [0, 0.05) is 38.1 Å². The molecule has 178 valence electrons. The molecule has 1 aromatic carbocycles. The second kappa shape index (κ2) is 8.66. The molecule has 1 aromatic rings. The van der Waals surface area contributed by atoms with Gasteiger partial charge in [-0.25, -0.2) is 8.42 Å². The zero-order chi connectivity index (χ0) is 23.9. The summed E-state index contributed by atoms with van der Waals surface area (Å²) in [4.78, 5) is 28.7. The Labute approximate surface area is 186 Å². The van der Waals surface area contributed by atoms with Crippen LogP contribution in [0.5, 0.6) is 0 Å². The molecule has 0 aliphatic carbocycles. The van der Waals surface area contributed by atoms with Crippen molar-refractivity contribution in [2.75, 3.05) is 32.7 Å². The summed E-state index contributed by atoms with van der Waals surface area (Å²) < 4.78 is 65.0. The normalized spacial score (nSPS) is 21.1. The van der Waals surface area contributed by atoms with E-state index in [4.69, 9.17) is 0 Å². The first-order chi connectivity index (χ1) is 14.7. The van der Waals surface area contributed by atoms with E-state index in [9.17, 15) is 31.2 Å². The van der Waals surface area contributed by atoms with E-state index in [1.54, 1.807) is 30.6 Å². The van der Waals surface area contributed by atoms with E-state index < -0.39 is 33.2 Å². The van der Waals surface area contributed by atoms with Crippen LogP contribution in [0.4, 0.5) is 13.2 Å². The van der Waals surface area contributed by atoms with Gasteiger partial charge in [-0.15, -0.1) is 0 Å². The van der Waals surface area contributed by atoms with Crippen LogP contribution in [0.25, 0.3) is 0 Å². The average Bonchev–Trinajstić information content (AvgIpc) is 3.21. The van der Waals surface area contributed by atoms with E-state index in [0.29, 0.717) is 13.0 Å². The molecule has 2 saturated heterocycles. The maximum absolute atomic E-state index is 13.1. The molecule has 2 heterocycles. The van der Waals surface area contributed by atoms with Crippen molar-refractivity contribution in [3.63, 3.8) is 0 Å². The van der Waals surface area contributed by atoms with Gasteiger partial charge in [0.05, 0.1) is 10.5 Å². The Morgan fingerprint density at radius 2 is 1.50 bits per heavy atom. The van der Waals surface area contributed by atoms with Crippen LogP contribution in [0.2, 0.25) is 0 Å². The van der Waals surface area contributed by atoms with Crippen molar-refractivity contribution >= 4 is 21.8 Å². The smallest absolute Gasteiger partial charge is 0.338 e. The number of piperazine rings is 1. The molecule has 32 heavy (non-hydrogen) atoms. The number of hydrogen-bond acceptors (Lipinski definition) is 4. The highest BCUT2D eigenvalue weighted by Crippen LogP contribution is 2.31. The zero-order valence-electron chi connectivity index (χ0n) is 18.4. The Balaban J connectivity index is 1.65. The number of nitrogens with zero attached hydrogens (tertiary/aromatic N) is 3. The van der Waals surface area contributed by atoms with Crippen LogP contribution in [0.15, 0.2) is 29.2 Å². The minimum absolute atomic E-state index is 0.0367. The first-order valence-electron chi connectivity index (χ1n) is 10.5. The predicted octanol–water partition coefficient (Wildman–Crippen LogP) is 2.58. The number of benzene rings is 1. The third kappa shape index (κ3) is 4.93. The highest BCUT2D eigenvalue weighted by Gasteiger charge is 2.41. The largest absolute Gasteiger partial charge is 0.416 e. The van der Waals surface area contributed by atoms with E-state index in [1.165, 1.54) is 4.31 Å². The lowest BCUT2D eigenvalue weighted by Crippen LogP contribution is -2.56. The molecule has 0 spiro atoms. The number of amides is 2. The minimum Gasteiger partial charge on any atom is -0.338 e. The highest BCUT2D eigenvalue weighted by atomic mass is 32.2. The fourth-order valence-electron chi connectivity index (χ4n) is 4.02. The fourth-order valence-corrected chi connectivity index (χ4v) is 5.44. The van der Waals surface area contributed by atoms with Crippen LogP contribution in [-0.2, 0) is 25.8 Å². The molecule has 11 heteroatoms. The van der Waals surface area contributed by atoms with Gasteiger partial charge in [0.25, 0.3) is 0 Å². The van der Waals surface area contributed by atoms with Crippen molar-refractivity contribution in [3.8, 4) is 0 Å². The molecule has 0 radical (unpaired) electrons. The van der Waals surface area contributed by atoms with Crippen molar-refractivity contribution in [2.24, 2.45) is 5.41 Å². The van der Waals surface area contributed by atoms with E-state index in [1.807, 2.05) is 0 Å². The number of sulfonamides is 1. The molecule has 1 unspecified atom stereocenters. The summed E-state index contributed by atoms with van der Waals surface area (Å²) in [5.41, 5.74) is -1.52. The molecule has 0 bridgehead atoms. The minimum atomic E-state index is -4.54. The van der Waals surface area contributed by atoms with Crippen LogP contribution in [0, 0.1) is 5.41 Å². The average molecular weight is 476 g/mol. The van der Waals surface area contributed by atoms with Gasteiger partial charge < -0.3 is 9.80 Å². The van der Waals surface area contributed by atoms with E-state index in [-0.39, 0.29) is 42.9 Å². The zero-order valence-corrected chi connectivity index (χ0v) is 19.2. The van der Waals surface area contributed by atoms with Gasteiger partial charge >= 0.3 is 6.18 Å². The van der Waals surface area contributed by atoms with Gasteiger partial charge in [-0.2, -0.15) is 17.5 Å².